The number of benzene rings is 2. The zero-order valence-corrected chi connectivity index (χ0v) is 16.1. The zero-order chi connectivity index (χ0) is 20.4. The van der Waals surface area contributed by atoms with Crippen molar-refractivity contribution in [3.63, 3.8) is 0 Å². The lowest BCUT2D eigenvalue weighted by Crippen LogP contribution is -2.15. The van der Waals surface area contributed by atoms with Gasteiger partial charge in [-0.1, -0.05) is 24.3 Å². The number of hydrogen-bond acceptors (Lipinski definition) is 5. The fraction of sp³-hybridized carbons (Fsp3) is 0.143. The molecule has 1 aliphatic rings. The Morgan fingerprint density at radius 3 is 2.79 bits per heavy atom. The quantitative estimate of drug-likeness (QED) is 0.694. The molecule has 0 bridgehead atoms. The maximum Gasteiger partial charge on any atom is 0.261 e. The van der Waals surface area contributed by atoms with Crippen molar-refractivity contribution in [3.05, 3.63) is 83.3 Å². The number of fused-ring (bicyclic) bond motifs is 1. The summed E-state index contributed by atoms with van der Waals surface area (Å²) >= 11 is 0. The van der Waals surface area contributed by atoms with Crippen molar-refractivity contribution in [2.75, 3.05) is 11.1 Å². The highest BCUT2D eigenvalue weighted by Gasteiger charge is 2.26. The molecule has 8 heteroatoms. The first-order chi connectivity index (χ1) is 13.9. The maximum atomic E-state index is 13.8. The molecule has 1 amide bonds. The number of halogens is 1. The molecule has 29 heavy (non-hydrogen) atoms. The number of carbonyl (C=O) groups excluding carboxylic acids is 1. The summed E-state index contributed by atoms with van der Waals surface area (Å²) in [5.41, 5.74) is 1.61. The van der Waals surface area contributed by atoms with Crippen molar-refractivity contribution in [2.24, 2.45) is 0 Å². The average Bonchev–Trinajstić information content (AvgIpc) is 3.02. The van der Waals surface area contributed by atoms with E-state index >= 15 is 0 Å². The molecule has 2 aromatic carbocycles. The van der Waals surface area contributed by atoms with Gasteiger partial charge in [-0.15, -0.1) is 0 Å². The van der Waals surface area contributed by atoms with Gasteiger partial charge in [0, 0.05) is 17.4 Å². The number of amides is 1. The van der Waals surface area contributed by atoms with Crippen LogP contribution in [0.1, 0.15) is 21.5 Å². The Balaban J connectivity index is 1.54. The van der Waals surface area contributed by atoms with Crippen molar-refractivity contribution >= 4 is 21.4 Å². The number of hydrogen-bond donors (Lipinski definition) is 1. The summed E-state index contributed by atoms with van der Waals surface area (Å²) in [7, 11) is -3.30. The van der Waals surface area contributed by atoms with Gasteiger partial charge in [0.15, 0.2) is 9.84 Å². The number of carbonyl (C=O) groups is 1. The molecule has 1 aromatic heterocycles. The summed E-state index contributed by atoms with van der Waals surface area (Å²) in [6.07, 6.45) is 1.94. The third-order valence-corrected chi connectivity index (χ3v) is 6.43. The Kier molecular flexibility index (Phi) is 5.02. The third kappa shape index (κ3) is 3.97. The lowest BCUT2D eigenvalue weighted by molar-refractivity contribution is 0.102. The van der Waals surface area contributed by atoms with E-state index in [9.17, 15) is 17.6 Å². The van der Waals surface area contributed by atoms with Crippen molar-refractivity contribution < 1.29 is 22.3 Å². The Labute approximate surface area is 167 Å². The Morgan fingerprint density at radius 2 is 1.97 bits per heavy atom. The number of ether oxygens (including phenoxy) is 1. The van der Waals surface area contributed by atoms with Crippen LogP contribution >= 0.6 is 0 Å². The van der Waals surface area contributed by atoms with Gasteiger partial charge in [-0.3, -0.25) is 4.79 Å². The fourth-order valence-corrected chi connectivity index (χ4v) is 4.71. The molecule has 1 N–H and O–H groups in total. The first-order valence-electron chi connectivity index (χ1n) is 8.92. The number of aryl methyl sites for hydroxylation is 1. The van der Waals surface area contributed by atoms with E-state index in [0.29, 0.717) is 17.7 Å². The zero-order valence-electron chi connectivity index (χ0n) is 15.3. The van der Waals surface area contributed by atoms with Crippen molar-refractivity contribution in [3.8, 4) is 5.88 Å². The summed E-state index contributed by atoms with van der Waals surface area (Å²) in [5, 5.41) is 2.68. The number of nitrogens with one attached hydrogen (secondary N) is 1. The number of sulfone groups is 1. The summed E-state index contributed by atoms with van der Waals surface area (Å²) in [4.78, 5) is 17.0. The number of nitrogens with zero attached hydrogens (tertiary/aromatic N) is 1. The molecule has 0 spiro atoms. The molecule has 0 saturated carbocycles. The van der Waals surface area contributed by atoms with E-state index < -0.39 is 21.6 Å². The lowest BCUT2D eigenvalue weighted by Gasteiger charge is -2.11. The summed E-state index contributed by atoms with van der Waals surface area (Å²) < 4.78 is 43.5. The summed E-state index contributed by atoms with van der Waals surface area (Å²) in [6.45, 7) is -0.0823. The predicted molar refractivity (Wildman–Crippen MR) is 105 cm³/mol. The maximum absolute atomic E-state index is 13.8. The van der Waals surface area contributed by atoms with E-state index in [-0.39, 0.29) is 28.7 Å². The topological polar surface area (TPSA) is 85.4 Å². The second kappa shape index (κ2) is 7.63. The molecule has 0 saturated heterocycles. The number of aromatic nitrogens is 1. The van der Waals surface area contributed by atoms with Crippen LogP contribution in [0.5, 0.6) is 5.88 Å². The van der Waals surface area contributed by atoms with Crippen LogP contribution in [0.2, 0.25) is 0 Å². The number of anilines is 1. The molecule has 148 valence electrons. The molecular formula is C21H17FN2O4S. The van der Waals surface area contributed by atoms with Gasteiger partial charge in [-0.2, -0.15) is 0 Å². The molecule has 0 fully saturated rings. The van der Waals surface area contributed by atoms with E-state index in [1.807, 2.05) is 0 Å². The highest BCUT2D eigenvalue weighted by molar-refractivity contribution is 7.91. The molecule has 0 aliphatic carbocycles. The Bertz CT molecular complexity index is 1190. The molecule has 0 radical (unpaired) electrons. The molecule has 3 aromatic rings. The third-order valence-electron chi connectivity index (χ3n) is 4.64. The van der Waals surface area contributed by atoms with E-state index in [4.69, 9.17) is 4.74 Å². The van der Waals surface area contributed by atoms with Gasteiger partial charge in [0.2, 0.25) is 5.88 Å². The predicted octanol–water partition coefficient (Wildman–Crippen LogP) is 3.38. The first kappa shape index (κ1) is 19.1. The molecular weight excluding hydrogens is 395 g/mol. The SMILES string of the molecule is O=C(Nc1ccc2c(c1)S(=O)(=O)CC2)c1cccnc1OCc1ccccc1F. The summed E-state index contributed by atoms with van der Waals surface area (Å²) in [5.74, 6) is -0.774. The molecule has 4 rings (SSSR count). The highest BCUT2D eigenvalue weighted by Crippen LogP contribution is 2.29. The van der Waals surface area contributed by atoms with Crippen LogP contribution in [0.25, 0.3) is 0 Å². The normalized spacial score (nSPS) is 14.2. The van der Waals surface area contributed by atoms with Crippen molar-refractivity contribution in [1.82, 2.24) is 4.98 Å². The minimum Gasteiger partial charge on any atom is -0.472 e. The summed E-state index contributed by atoms with van der Waals surface area (Å²) in [6, 6.07) is 14.1. The van der Waals surface area contributed by atoms with Gasteiger partial charge in [0.05, 0.1) is 10.6 Å². The van der Waals surface area contributed by atoms with Crippen molar-refractivity contribution in [1.29, 1.82) is 0 Å². The molecule has 2 heterocycles. The second-order valence-electron chi connectivity index (χ2n) is 6.58. The van der Waals surface area contributed by atoms with Crippen LogP contribution in [0.15, 0.2) is 65.7 Å². The van der Waals surface area contributed by atoms with Gasteiger partial charge < -0.3 is 10.1 Å². The van der Waals surface area contributed by atoms with Crippen LogP contribution < -0.4 is 10.1 Å². The van der Waals surface area contributed by atoms with Gasteiger partial charge in [0.1, 0.15) is 18.0 Å². The van der Waals surface area contributed by atoms with E-state index in [2.05, 4.69) is 10.3 Å². The minimum atomic E-state index is -3.30. The molecule has 1 aliphatic heterocycles. The smallest absolute Gasteiger partial charge is 0.261 e. The Morgan fingerprint density at radius 1 is 1.14 bits per heavy atom. The van der Waals surface area contributed by atoms with Crippen LogP contribution in [-0.4, -0.2) is 25.1 Å². The molecule has 6 nitrogen and oxygen atoms in total. The van der Waals surface area contributed by atoms with Gasteiger partial charge >= 0.3 is 0 Å². The fourth-order valence-electron chi connectivity index (χ4n) is 3.12. The molecule has 0 unspecified atom stereocenters. The average molecular weight is 412 g/mol. The van der Waals surface area contributed by atoms with Gasteiger partial charge in [0.25, 0.3) is 5.91 Å². The molecule has 0 atom stereocenters. The van der Waals surface area contributed by atoms with E-state index in [0.717, 1.165) is 5.56 Å². The van der Waals surface area contributed by atoms with Crippen LogP contribution in [0, 0.1) is 5.82 Å². The standard InChI is InChI=1S/C21H17FN2O4S/c22-18-6-2-1-4-15(18)13-28-21-17(5-3-10-23-21)20(25)24-16-8-7-14-9-11-29(26,27)19(14)12-16/h1-8,10,12H,9,11,13H2,(H,24,25). The van der Waals surface area contributed by atoms with Crippen LogP contribution in [0.4, 0.5) is 10.1 Å². The highest BCUT2D eigenvalue weighted by atomic mass is 32.2. The number of rotatable bonds is 5. The lowest BCUT2D eigenvalue weighted by atomic mass is 10.1. The van der Waals surface area contributed by atoms with Crippen LogP contribution in [0.3, 0.4) is 0 Å². The number of pyridine rings is 1. The van der Waals surface area contributed by atoms with Gasteiger partial charge in [-0.25, -0.2) is 17.8 Å². The Hall–Kier alpha value is -3.26. The van der Waals surface area contributed by atoms with Gasteiger partial charge in [-0.05, 0) is 42.3 Å². The van der Waals surface area contributed by atoms with E-state index in [1.54, 1.807) is 36.4 Å². The largest absolute Gasteiger partial charge is 0.472 e. The van der Waals surface area contributed by atoms with Crippen molar-refractivity contribution in [2.45, 2.75) is 17.9 Å². The second-order valence-corrected chi connectivity index (χ2v) is 8.66. The van der Waals surface area contributed by atoms with E-state index in [1.165, 1.54) is 24.4 Å². The first-order valence-corrected chi connectivity index (χ1v) is 10.6. The van der Waals surface area contributed by atoms with Crippen LogP contribution in [-0.2, 0) is 22.9 Å². The monoisotopic (exact) mass is 412 g/mol. The minimum absolute atomic E-state index is 0.0574.